The van der Waals surface area contributed by atoms with Crippen molar-refractivity contribution in [3.8, 4) is 16.8 Å². The van der Waals surface area contributed by atoms with Crippen molar-refractivity contribution in [3.63, 3.8) is 0 Å². The highest BCUT2D eigenvalue weighted by molar-refractivity contribution is 6.35. The second-order valence-electron chi connectivity index (χ2n) is 16.3. The third-order valence-electron chi connectivity index (χ3n) is 13.4. The summed E-state index contributed by atoms with van der Waals surface area (Å²) in [5, 5.41) is 16.3. The number of fused-ring (bicyclic) bond motifs is 19. The summed E-state index contributed by atoms with van der Waals surface area (Å²) < 4.78 is 7.37. The number of para-hydroxylation sites is 4. The van der Waals surface area contributed by atoms with Gasteiger partial charge < -0.3 is 8.97 Å². The van der Waals surface area contributed by atoms with Crippen LogP contribution in [0.3, 0.4) is 0 Å². The molecule has 0 aliphatic rings. The molecule has 15 aromatic rings. The smallest absolute Gasteiger partial charge is 0.146 e. The Balaban J connectivity index is 1.12. The maximum atomic E-state index is 5.76. The van der Waals surface area contributed by atoms with Crippen molar-refractivity contribution in [2.24, 2.45) is 0 Å². The molecule has 0 fully saturated rings. The first-order chi connectivity index (χ1) is 29.3. The summed E-state index contributed by atoms with van der Waals surface area (Å²) in [5.74, 6) is 0. The number of rotatable bonds is 2. The molecule has 0 amide bonds. The van der Waals surface area contributed by atoms with E-state index < -0.39 is 0 Å². The van der Waals surface area contributed by atoms with Crippen LogP contribution in [0.2, 0.25) is 0 Å². The minimum Gasteiger partial charge on any atom is -0.309 e. The van der Waals surface area contributed by atoms with E-state index in [1.165, 1.54) is 120 Å². The molecule has 0 N–H and O–H groups in total. The highest BCUT2D eigenvalue weighted by Gasteiger charge is 2.26. The average molecular weight is 747 g/mol. The van der Waals surface area contributed by atoms with E-state index in [4.69, 9.17) is 4.98 Å². The van der Waals surface area contributed by atoms with Crippen LogP contribution >= 0.6 is 0 Å². The summed E-state index contributed by atoms with van der Waals surface area (Å²) in [7, 11) is 0. The molecule has 0 atom stereocenters. The Hall–Kier alpha value is -7.95. The van der Waals surface area contributed by atoms with Crippen LogP contribution in [0, 0.1) is 0 Å². The zero-order valence-corrected chi connectivity index (χ0v) is 31.6. The van der Waals surface area contributed by atoms with Gasteiger partial charge in [0.25, 0.3) is 0 Å². The summed E-state index contributed by atoms with van der Waals surface area (Å²) in [6.07, 6.45) is 0. The van der Waals surface area contributed by atoms with E-state index in [0.717, 1.165) is 16.7 Å². The van der Waals surface area contributed by atoms with Crippen molar-refractivity contribution in [2.75, 3.05) is 0 Å². The third kappa shape index (κ3) is 3.60. The fraction of sp³-hybridized carbons (Fsp3) is 0. The van der Waals surface area contributed by atoms with Crippen LogP contribution in [-0.4, -0.2) is 18.4 Å². The Morgan fingerprint density at radius 1 is 0.339 bits per heavy atom. The van der Waals surface area contributed by atoms with Gasteiger partial charge in [0.05, 0.1) is 44.1 Å². The molecular formula is C55H30N4. The van der Waals surface area contributed by atoms with E-state index in [-0.39, 0.29) is 0 Å². The highest BCUT2D eigenvalue weighted by Crippen LogP contribution is 2.48. The molecule has 0 aliphatic heterocycles. The number of benzene rings is 9. The lowest BCUT2D eigenvalue weighted by Crippen LogP contribution is -1.93. The van der Waals surface area contributed by atoms with E-state index in [1.807, 2.05) is 0 Å². The van der Waals surface area contributed by atoms with Gasteiger partial charge in [-0.15, -0.1) is 0 Å². The van der Waals surface area contributed by atoms with Crippen LogP contribution < -0.4 is 0 Å². The lowest BCUT2D eigenvalue weighted by Gasteiger charge is -2.09. The molecule has 0 unspecified atom stereocenters. The van der Waals surface area contributed by atoms with Gasteiger partial charge in [-0.05, 0) is 81.7 Å². The minimum atomic E-state index is 1.01. The predicted molar refractivity (Wildman–Crippen MR) is 248 cm³/mol. The standard InChI is InChI=1S/C55H30N4/c1-2-15-34(16-3-1)57-45-23-10-8-19-38(45)41-27-33(25-26-47(41)57)37-21-12-22-40-50-36-18-7-5-14-32(36)29-44-51-48(58(52(37)40)54(44)50)30-43-42-28-31-13-4-6-17-35(31)49-39-20-9-11-24-46(39)59(53(42)49)55(43)56-51/h1-30H. The monoisotopic (exact) mass is 746 g/mol. The number of pyridine rings is 1. The summed E-state index contributed by atoms with van der Waals surface area (Å²) in [5.41, 5.74) is 14.1. The first kappa shape index (κ1) is 30.2. The van der Waals surface area contributed by atoms with Crippen LogP contribution in [0.4, 0.5) is 0 Å². The quantitative estimate of drug-likeness (QED) is 0.173. The van der Waals surface area contributed by atoms with E-state index in [0.29, 0.717) is 0 Å². The lowest BCUT2D eigenvalue weighted by atomic mass is 9.97. The molecule has 0 bridgehead atoms. The van der Waals surface area contributed by atoms with Crippen molar-refractivity contribution < 1.29 is 0 Å². The average Bonchev–Trinajstić information content (AvgIpc) is 4.08. The fourth-order valence-electron chi connectivity index (χ4n) is 11.1. The van der Waals surface area contributed by atoms with Crippen LogP contribution in [0.25, 0.3) is 137 Å². The number of aromatic nitrogens is 4. The van der Waals surface area contributed by atoms with Crippen LogP contribution in [0.5, 0.6) is 0 Å². The predicted octanol–water partition coefficient (Wildman–Crippen LogP) is 14.5. The third-order valence-corrected chi connectivity index (χ3v) is 13.4. The first-order valence-corrected chi connectivity index (χ1v) is 20.4. The molecule has 6 heterocycles. The molecule has 270 valence electrons. The van der Waals surface area contributed by atoms with Gasteiger partial charge in [0, 0.05) is 59.7 Å². The minimum absolute atomic E-state index is 1.01. The molecule has 6 aromatic heterocycles. The molecular weight excluding hydrogens is 717 g/mol. The van der Waals surface area contributed by atoms with Gasteiger partial charge in [0.2, 0.25) is 0 Å². The van der Waals surface area contributed by atoms with E-state index in [2.05, 4.69) is 195 Å². The van der Waals surface area contributed by atoms with Crippen LogP contribution in [0.15, 0.2) is 182 Å². The summed E-state index contributed by atoms with van der Waals surface area (Å²) in [6.45, 7) is 0. The van der Waals surface area contributed by atoms with Crippen molar-refractivity contribution in [2.45, 2.75) is 0 Å². The zero-order chi connectivity index (χ0) is 38.1. The largest absolute Gasteiger partial charge is 0.309 e. The van der Waals surface area contributed by atoms with Crippen molar-refractivity contribution >= 4 is 120 Å². The van der Waals surface area contributed by atoms with Crippen LogP contribution in [0.1, 0.15) is 0 Å². The lowest BCUT2D eigenvalue weighted by molar-refractivity contribution is 1.18. The summed E-state index contributed by atoms with van der Waals surface area (Å²) >= 11 is 0. The molecule has 59 heavy (non-hydrogen) atoms. The molecule has 9 aromatic carbocycles. The first-order valence-electron chi connectivity index (χ1n) is 20.4. The normalized spacial score (nSPS) is 12.7. The SMILES string of the molecule is c1ccc(-n2c3ccccc3c3cc(-c4cccc5c6c7ccccc7cc7c8nc9c(cc8n(c45)c76)c4cc5ccccc5c5c6ccccc6n9c45)ccc32)cc1. The summed E-state index contributed by atoms with van der Waals surface area (Å²) in [6, 6.07) is 67.2. The van der Waals surface area contributed by atoms with Crippen molar-refractivity contribution in [1.82, 2.24) is 18.4 Å². The molecule has 0 saturated heterocycles. The molecule has 0 spiro atoms. The Kier molecular flexibility index (Phi) is 5.38. The topological polar surface area (TPSA) is 26.6 Å². The van der Waals surface area contributed by atoms with Gasteiger partial charge in [-0.3, -0.25) is 4.40 Å². The van der Waals surface area contributed by atoms with E-state index >= 15 is 0 Å². The maximum absolute atomic E-state index is 5.76. The van der Waals surface area contributed by atoms with Gasteiger partial charge in [-0.1, -0.05) is 127 Å². The second-order valence-corrected chi connectivity index (χ2v) is 16.3. The maximum Gasteiger partial charge on any atom is 0.146 e. The molecule has 0 aliphatic carbocycles. The van der Waals surface area contributed by atoms with E-state index in [9.17, 15) is 0 Å². The van der Waals surface area contributed by atoms with Gasteiger partial charge >= 0.3 is 0 Å². The Morgan fingerprint density at radius 3 is 1.78 bits per heavy atom. The highest BCUT2D eigenvalue weighted by atomic mass is 15.0. The number of hydrogen-bond acceptors (Lipinski definition) is 1. The number of nitrogens with zero attached hydrogens (tertiary/aromatic N) is 4. The molecule has 0 saturated carbocycles. The Bertz CT molecular complexity index is 4300. The Morgan fingerprint density at radius 2 is 0.966 bits per heavy atom. The zero-order valence-electron chi connectivity index (χ0n) is 31.6. The number of hydrogen-bond donors (Lipinski definition) is 0. The summed E-state index contributed by atoms with van der Waals surface area (Å²) in [4.78, 5) is 5.76. The molecule has 4 nitrogen and oxygen atoms in total. The van der Waals surface area contributed by atoms with Gasteiger partial charge in [0.15, 0.2) is 0 Å². The second kappa shape index (κ2) is 10.5. The molecule has 15 rings (SSSR count). The van der Waals surface area contributed by atoms with Crippen LogP contribution in [-0.2, 0) is 0 Å². The fourth-order valence-corrected chi connectivity index (χ4v) is 11.1. The van der Waals surface area contributed by atoms with Crippen molar-refractivity contribution in [3.05, 3.63) is 182 Å². The van der Waals surface area contributed by atoms with Gasteiger partial charge in [-0.25, -0.2) is 4.98 Å². The Labute approximate surface area is 335 Å². The molecule has 0 radical (unpaired) electrons. The molecule has 4 heteroatoms. The van der Waals surface area contributed by atoms with Crippen molar-refractivity contribution in [1.29, 1.82) is 0 Å². The van der Waals surface area contributed by atoms with Gasteiger partial charge in [-0.2, -0.15) is 0 Å². The van der Waals surface area contributed by atoms with Gasteiger partial charge in [0.1, 0.15) is 5.65 Å². The van der Waals surface area contributed by atoms with E-state index in [1.54, 1.807) is 0 Å².